The van der Waals surface area contributed by atoms with Crippen LogP contribution in [0.15, 0.2) is 36.0 Å². The van der Waals surface area contributed by atoms with E-state index in [1.54, 1.807) is 5.57 Å². The van der Waals surface area contributed by atoms with Crippen LogP contribution in [0.2, 0.25) is 0 Å². The first kappa shape index (κ1) is 25.7. The smallest absolute Gasteiger partial charge is 0.303 e. The van der Waals surface area contributed by atoms with Crippen LogP contribution in [0.1, 0.15) is 92.9 Å². The van der Waals surface area contributed by atoms with Crippen molar-refractivity contribution in [2.24, 2.45) is 46.3 Å². The molecule has 1 N–H and O–H groups in total. The standard InChI is InChI=1S/C31H48O3/c1-20(10-11-21(2)29(5,6)34-23(4)33)27-14-15-28-24(9-8-16-30(27,28)7)17-26(19-32)31-18-25(31)13-12-22(31)3/h10-11,17,20-21,25-28,32H,3,8-9,12-16,18-19H2,1-2,4-7H3/t20-,21+,25-,26+,27-,28+,30-,31+/m1/s1. The maximum atomic E-state index is 11.5. The van der Waals surface area contributed by atoms with Gasteiger partial charge in [0.05, 0.1) is 6.61 Å². The van der Waals surface area contributed by atoms with E-state index >= 15 is 0 Å². The fourth-order valence-electron chi connectivity index (χ4n) is 8.38. The lowest BCUT2D eigenvalue weighted by molar-refractivity contribution is -0.156. The minimum atomic E-state index is -0.492. The fraction of sp³-hybridized carbons (Fsp3) is 0.774. The molecule has 0 bridgehead atoms. The van der Waals surface area contributed by atoms with Gasteiger partial charge in [0, 0.05) is 24.2 Å². The number of ether oxygens (including phenoxy) is 1. The summed E-state index contributed by atoms with van der Waals surface area (Å²) in [5.74, 6) is 2.80. The Balaban J connectivity index is 1.48. The molecule has 4 saturated carbocycles. The van der Waals surface area contributed by atoms with Gasteiger partial charge in [0.25, 0.3) is 0 Å². The lowest BCUT2D eigenvalue weighted by Gasteiger charge is -2.44. The third-order valence-electron chi connectivity index (χ3n) is 10.8. The van der Waals surface area contributed by atoms with Crippen molar-refractivity contribution in [1.82, 2.24) is 0 Å². The quantitative estimate of drug-likeness (QED) is 0.301. The summed E-state index contributed by atoms with van der Waals surface area (Å²) in [6.07, 6.45) is 17.2. The molecule has 0 spiro atoms. The molecule has 0 saturated heterocycles. The number of rotatable bonds is 8. The molecule has 0 aliphatic heterocycles. The largest absolute Gasteiger partial charge is 0.459 e. The van der Waals surface area contributed by atoms with Crippen molar-refractivity contribution in [3.05, 3.63) is 36.0 Å². The first-order valence-corrected chi connectivity index (χ1v) is 13.8. The van der Waals surface area contributed by atoms with Crippen LogP contribution in [-0.4, -0.2) is 23.3 Å². The lowest BCUT2D eigenvalue weighted by Crippen LogP contribution is -2.36. The van der Waals surface area contributed by atoms with Crippen LogP contribution in [0.25, 0.3) is 0 Å². The maximum absolute atomic E-state index is 11.5. The van der Waals surface area contributed by atoms with E-state index in [1.807, 2.05) is 13.8 Å². The number of allylic oxidation sites excluding steroid dienone is 3. The average molecular weight is 469 g/mol. The van der Waals surface area contributed by atoms with Crippen LogP contribution < -0.4 is 0 Å². The van der Waals surface area contributed by atoms with Gasteiger partial charge in [-0.15, -0.1) is 0 Å². The van der Waals surface area contributed by atoms with Gasteiger partial charge in [-0.25, -0.2) is 0 Å². The normalized spacial score (nSPS) is 39.1. The van der Waals surface area contributed by atoms with Crippen LogP contribution in [-0.2, 0) is 9.53 Å². The molecule has 0 aromatic carbocycles. The highest BCUT2D eigenvalue weighted by molar-refractivity contribution is 5.66. The van der Waals surface area contributed by atoms with E-state index in [1.165, 1.54) is 57.4 Å². The number of fused-ring (bicyclic) bond motifs is 2. The molecule has 0 amide bonds. The monoisotopic (exact) mass is 468 g/mol. The number of carbonyl (C=O) groups excluding carboxylic acids is 1. The summed E-state index contributed by atoms with van der Waals surface area (Å²) >= 11 is 0. The molecule has 190 valence electrons. The van der Waals surface area contributed by atoms with Gasteiger partial charge in [-0.3, -0.25) is 4.79 Å². The topological polar surface area (TPSA) is 46.5 Å². The SMILES string of the molecule is C=C1CC[C@@H]2C[C@]12[C@@H](C=C1CCC[C@]2(C)[C@@H]([C@H](C)C=C[C@H](C)C(C)(C)OC(C)=O)CC[C@@H]12)CO. The van der Waals surface area contributed by atoms with Crippen LogP contribution >= 0.6 is 0 Å². The molecule has 3 nitrogen and oxygen atoms in total. The number of aliphatic hydroxyl groups excluding tert-OH is 1. The molecular formula is C31H48O3. The number of hydrogen-bond acceptors (Lipinski definition) is 3. The zero-order chi connectivity index (χ0) is 24.9. The molecule has 3 heteroatoms. The Hall–Kier alpha value is -1.35. The molecule has 0 aromatic heterocycles. The van der Waals surface area contributed by atoms with Crippen LogP contribution in [0.4, 0.5) is 0 Å². The number of carbonyl (C=O) groups is 1. The molecule has 34 heavy (non-hydrogen) atoms. The molecule has 0 radical (unpaired) electrons. The Morgan fingerprint density at radius 3 is 2.56 bits per heavy atom. The van der Waals surface area contributed by atoms with Crippen molar-refractivity contribution < 1.29 is 14.6 Å². The lowest BCUT2D eigenvalue weighted by atomic mass is 9.60. The second-order valence-electron chi connectivity index (χ2n) is 12.9. The Bertz CT molecular complexity index is 866. The van der Waals surface area contributed by atoms with E-state index in [0.717, 1.165) is 12.3 Å². The van der Waals surface area contributed by atoms with E-state index in [0.29, 0.717) is 23.2 Å². The van der Waals surface area contributed by atoms with E-state index in [2.05, 4.69) is 45.6 Å². The van der Waals surface area contributed by atoms with Gasteiger partial charge >= 0.3 is 5.97 Å². The molecule has 0 heterocycles. The zero-order valence-corrected chi connectivity index (χ0v) is 22.5. The number of aliphatic hydroxyl groups is 1. The third kappa shape index (κ3) is 4.36. The Morgan fingerprint density at radius 1 is 1.24 bits per heavy atom. The van der Waals surface area contributed by atoms with Crippen molar-refractivity contribution in [2.75, 3.05) is 6.61 Å². The van der Waals surface area contributed by atoms with Gasteiger partial charge in [-0.1, -0.05) is 56.7 Å². The number of hydrogen-bond donors (Lipinski definition) is 1. The summed E-state index contributed by atoms with van der Waals surface area (Å²) in [5, 5.41) is 10.4. The van der Waals surface area contributed by atoms with Gasteiger partial charge in [0.2, 0.25) is 0 Å². The van der Waals surface area contributed by atoms with Crippen molar-refractivity contribution >= 4 is 5.97 Å². The van der Waals surface area contributed by atoms with Crippen LogP contribution in [0, 0.1) is 46.3 Å². The summed E-state index contributed by atoms with van der Waals surface area (Å²) < 4.78 is 5.56. The molecule has 4 fully saturated rings. The molecule has 0 unspecified atom stereocenters. The van der Waals surface area contributed by atoms with Crippen molar-refractivity contribution in [3.63, 3.8) is 0 Å². The molecule has 8 atom stereocenters. The molecule has 0 aromatic rings. The predicted molar refractivity (Wildman–Crippen MR) is 139 cm³/mol. The summed E-state index contributed by atoms with van der Waals surface area (Å²) in [6, 6.07) is 0. The van der Waals surface area contributed by atoms with Crippen molar-refractivity contribution in [2.45, 2.75) is 98.5 Å². The third-order valence-corrected chi connectivity index (χ3v) is 10.8. The Morgan fingerprint density at radius 2 is 1.97 bits per heavy atom. The van der Waals surface area contributed by atoms with Gasteiger partial charge in [0.1, 0.15) is 5.60 Å². The van der Waals surface area contributed by atoms with E-state index in [-0.39, 0.29) is 29.8 Å². The number of esters is 1. The first-order valence-electron chi connectivity index (χ1n) is 13.8. The first-order chi connectivity index (χ1) is 16.0. The maximum Gasteiger partial charge on any atom is 0.303 e. The minimum absolute atomic E-state index is 0.168. The van der Waals surface area contributed by atoms with E-state index < -0.39 is 5.60 Å². The summed E-state index contributed by atoms with van der Waals surface area (Å²) in [5.41, 5.74) is 3.09. The highest BCUT2D eigenvalue weighted by Gasteiger charge is 2.62. The van der Waals surface area contributed by atoms with Crippen LogP contribution in [0.3, 0.4) is 0 Å². The van der Waals surface area contributed by atoms with Gasteiger partial charge in [-0.2, -0.15) is 0 Å². The van der Waals surface area contributed by atoms with Crippen LogP contribution in [0.5, 0.6) is 0 Å². The van der Waals surface area contributed by atoms with E-state index in [9.17, 15) is 9.90 Å². The molecule has 4 aliphatic rings. The molecule has 4 rings (SSSR count). The highest BCUT2D eigenvalue weighted by Crippen LogP contribution is 2.70. The Kier molecular flexibility index (Phi) is 7.01. The Labute approximate surface area is 208 Å². The van der Waals surface area contributed by atoms with Gasteiger partial charge < -0.3 is 9.84 Å². The van der Waals surface area contributed by atoms with Gasteiger partial charge in [-0.05, 0) is 94.3 Å². The fourth-order valence-corrected chi connectivity index (χ4v) is 8.38. The van der Waals surface area contributed by atoms with E-state index in [4.69, 9.17) is 4.74 Å². The minimum Gasteiger partial charge on any atom is -0.459 e. The molecule has 4 aliphatic carbocycles. The van der Waals surface area contributed by atoms with Crippen molar-refractivity contribution in [3.8, 4) is 0 Å². The molecular weight excluding hydrogens is 420 g/mol. The average Bonchev–Trinajstić information content (AvgIpc) is 3.26. The zero-order valence-electron chi connectivity index (χ0n) is 22.5. The second kappa shape index (κ2) is 9.26. The summed E-state index contributed by atoms with van der Waals surface area (Å²) in [7, 11) is 0. The highest BCUT2D eigenvalue weighted by atomic mass is 16.6. The van der Waals surface area contributed by atoms with Crippen molar-refractivity contribution in [1.29, 1.82) is 0 Å². The van der Waals surface area contributed by atoms with Gasteiger partial charge in [0.15, 0.2) is 0 Å². The predicted octanol–water partition coefficient (Wildman–Crippen LogP) is 7.26. The summed E-state index contributed by atoms with van der Waals surface area (Å²) in [6.45, 7) is 17.2. The summed E-state index contributed by atoms with van der Waals surface area (Å²) in [4.78, 5) is 11.5. The second-order valence-corrected chi connectivity index (χ2v) is 12.9.